The van der Waals surface area contributed by atoms with Gasteiger partial charge in [0.1, 0.15) is 65.7 Å². The van der Waals surface area contributed by atoms with Crippen LogP contribution in [0.5, 0.6) is 28.7 Å². The third-order valence-corrected chi connectivity index (χ3v) is 7.21. The van der Waals surface area contributed by atoms with E-state index >= 15 is 0 Å². The van der Waals surface area contributed by atoms with Crippen LogP contribution >= 0.6 is 0 Å². The molecule has 2 aliphatic rings. The second-order valence-electron chi connectivity index (χ2n) is 10.4. The van der Waals surface area contributed by atoms with Gasteiger partial charge in [-0.05, 0) is 25.1 Å². The Morgan fingerprint density at radius 1 is 0.818 bits per heavy atom. The van der Waals surface area contributed by atoms with Gasteiger partial charge in [-0.25, -0.2) is 0 Å². The van der Waals surface area contributed by atoms with Crippen molar-refractivity contribution in [2.24, 2.45) is 0 Å². The molecule has 2 fully saturated rings. The first-order valence-electron chi connectivity index (χ1n) is 13.3. The van der Waals surface area contributed by atoms with E-state index in [1.165, 1.54) is 13.0 Å². The van der Waals surface area contributed by atoms with Crippen molar-refractivity contribution in [2.75, 3.05) is 6.61 Å². The maximum Gasteiger partial charge on any atom is 0.302 e. The summed E-state index contributed by atoms with van der Waals surface area (Å²) in [5.74, 6) is -3.63. The number of hydrogen-bond acceptors (Lipinski definition) is 16. The van der Waals surface area contributed by atoms with E-state index in [1.54, 1.807) is 0 Å². The maximum absolute atomic E-state index is 13.8. The number of phenolic OH excluding ortho intramolecular Hbond substituents is 3. The zero-order valence-corrected chi connectivity index (χ0v) is 23.1. The van der Waals surface area contributed by atoms with Crippen LogP contribution in [-0.4, -0.2) is 109 Å². The van der Waals surface area contributed by atoms with Gasteiger partial charge in [0.2, 0.25) is 23.8 Å². The van der Waals surface area contributed by atoms with Gasteiger partial charge in [-0.3, -0.25) is 9.59 Å². The molecule has 0 spiro atoms. The van der Waals surface area contributed by atoms with E-state index in [9.17, 15) is 50.4 Å². The SMILES string of the molecule is CC(=O)OCC1OC(Oc2c(-c3ccc(O)c(O)c3)oc3cc(OC4OC(C)C(O)C(O)C4O)cc(O)c3c2=O)C(O)C1O. The van der Waals surface area contributed by atoms with Crippen LogP contribution in [-0.2, 0) is 19.0 Å². The molecule has 9 atom stereocenters. The number of aromatic hydroxyl groups is 3. The minimum Gasteiger partial charge on any atom is -0.507 e. The van der Waals surface area contributed by atoms with Crippen molar-refractivity contribution in [1.82, 2.24) is 0 Å². The molecule has 3 heterocycles. The Balaban J connectivity index is 1.56. The zero-order chi connectivity index (χ0) is 32.0. The van der Waals surface area contributed by atoms with E-state index in [-0.39, 0.29) is 22.7 Å². The minimum absolute atomic E-state index is 0.0124. The maximum atomic E-state index is 13.8. The molecule has 2 saturated heterocycles. The summed E-state index contributed by atoms with van der Waals surface area (Å²) >= 11 is 0. The highest BCUT2D eigenvalue weighted by Gasteiger charge is 2.46. The monoisotopic (exact) mass is 622 g/mol. The lowest BCUT2D eigenvalue weighted by atomic mass is 10.00. The Labute approximate surface area is 247 Å². The van der Waals surface area contributed by atoms with Gasteiger partial charge >= 0.3 is 5.97 Å². The van der Waals surface area contributed by atoms with E-state index in [0.29, 0.717) is 0 Å². The highest BCUT2D eigenvalue weighted by atomic mass is 16.7. The number of fused-ring (bicyclic) bond motifs is 1. The number of rotatable bonds is 7. The number of carbonyl (C=O) groups excluding carboxylic acids is 1. The topological polar surface area (TPSA) is 255 Å². The molecule has 5 rings (SSSR count). The Morgan fingerprint density at radius 2 is 1.50 bits per heavy atom. The van der Waals surface area contributed by atoms with Gasteiger partial charge in [-0.15, -0.1) is 0 Å². The van der Waals surface area contributed by atoms with E-state index in [2.05, 4.69) is 0 Å². The van der Waals surface area contributed by atoms with Crippen molar-refractivity contribution < 1.29 is 73.7 Å². The largest absolute Gasteiger partial charge is 0.507 e. The Bertz CT molecular complexity index is 1600. The fraction of sp³-hybridized carbons (Fsp3) is 0.429. The van der Waals surface area contributed by atoms with E-state index < -0.39 is 102 Å². The van der Waals surface area contributed by atoms with Crippen molar-refractivity contribution in [3.63, 3.8) is 0 Å². The number of aliphatic hydroxyl groups excluding tert-OH is 5. The van der Waals surface area contributed by atoms with Gasteiger partial charge in [0.15, 0.2) is 17.3 Å². The molecule has 0 aliphatic carbocycles. The standard InChI is InChI=1S/C28H30O16/c1-9-19(33)22(36)24(38)27(40-9)41-12-6-15(32)18-16(7-12)42-25(11-3-4-13(30)14(31)5-11)26(21(18)35)44-28-23(37)20(34)17(43-28)8-39-10(2)29/h3-7,9,17,19-20,22-24,27-28,30-34,36-38H,8H2,1-2H3. The first kappa shape index (κ1) is 31.3. The van der Waals surface area contributed by atoms with Crippen LogP contribution in [0.15, 0.2) is 39.5 Å². The highest BCUT2D eigenvalue weighted by Crippen LogP contribution is 2.40. The first-order valence-corrected chi connectivity index (χ1v) is 13.3. The van der Waals surface area contributed by atoms with Gasteiger partial charge in [0, 0.05) is 24.6 Å². The third-order valence-electron chi connectivity index (χ3n) is 7.21. The molecule has 0 saturated carbocycles. The molecule has 238 valence electrons. The summed E-state index contributed by atoms with van der Waals surface area (Å²) in [7, 11) is 0. The zero-order valence-electron chi connectivity index (χ0n) is 23.1. The Kier molecular flexibility index (Phi) is 8.59. The number of benzene rings is 2. The second kappa shape index (κ2) is 12.1. The quantitative estimate of drug-likeness (QED) is 0.118. The number of aliphatic hydroxyl groups is 5. The summed E-state index contributed by atoms with van der Waals surface area (Å²) in [6.07, 6.45) is -13.3. The highest BCUT2D eigenvalue weighted by molar-refractivity contribution is 5.88. The fourth-order valence-electron chi connectivity index (χ4n) is 4.80. The van der Waals surface area contributed by atoms with Crippen LogP contribution in [0.3, 0.4) is 0 Å². The molecule has 0 bridgehead atoms. The van der Waals surface area contributed by atoms with Crippen molar-refractivity contribution in [2.45, 2.75) is 69.2 Å². The van der Waals surface area contributed by atoms with E-state index in [4.69, 9.17) is 28.1 Å². The van der Waals surface area contributed by atoms with Crippen LogP contribution in [0.4, 0.5) is 0 Å². The average Bonchev–Trinajstić information content (AvgIpc) is 3.23. The molecular weight excluding hydrogens is 592 g/mol. The predicted molar refractivity (Wildman–Crippen MR) is 144 cm³/mol. The number of phenols is 3. The number of ether oxygens (including phenoxy) is 5. The van der Waals surface area contributed by atoms with Crippen molar-refractivity contribution in [1.29, 1.82) is 0 Å². The molecular formula is C28H30O16. The van der Waals surface area contributed by atoms with Crippen molar-refractivity contribution in [3.05, 3.63) is 40.6 Å². The minimum atomic E-state index is -1.73. The molecule has 16 nitrogen and oxygen atoms in total. The summed E-state index contributed by atoms with van der Waals surface area (Å²) in [6.45, 7) is 2.14. The van der Waals surface area contributed by atoms with E-state index in [1.807, 2.05) is 0 Å². The molecule has 2 aromatic carbocycles. The Morgan fingerprint density at radius 3 is 2.18 bits per heavy atom. The second-order valence-corrected chi connectivity index (χ2v) is 10.4. The van der Waals surface area contributed by atoms with Crippen molar-refractivity contribution >= 4 is 16.9 Å². The summed E-state index contributed by atoms with van der Waals surface area (Å²) in [4.78, 5) is 24.9. The summed E-state index contributed by atoms with van der Waals surface area (Å²) in [6, 6.07) is 5.54. The first-order chi connectivity index (χ1) is 20.8. The summed E-state index contributed by atoms with van der Waals surface area (Å²) in [5, 5.41) is 81.6. The normalized spacial score (nSPS) is 30.3. The van der Waals surface area contributed by atoms with Gasteiger partial charge < -0.3 is 69.0 Å². The van der Waals surface area contributed by atoms with Crippen LogP contribution in [0, 0.1) is 0 Å². The molecule has 0 radical (unpaired) electrons. The van der Waals surface area contributed by atoms with Crippen molar-refractivity contribution in [3.8, 4) is 40.1 Å². The fourth-order valence-corrected chi connectivity index (χ4v) is 4.80. The number of esters is 1. The van der Waals surface area contributed by atoms with E-state index in [0.717, 1.165) is 31.2 Å². The molecule has 9 unspecified atom stereocenters. The third kappa shape index (κ3) is 5.83. The van der Waals surface area contributed by atoms with Gasteiger partial charge in [0.05, 0.1) is 6.10 Å². The number of hydrogen-bond donors (Lipinski definition) is 8. The summed E-state index contributed by atoms with van der Waals surface area (Å²) in [5.41, 5.74) is -1.30. The summed E-state index contributed by atoms with van der Waals surface area (Å²) < 4.78 is 32.9. The smallest absolute Gasteiger partial charge is 0.302 e. The molecule has 1 aromatic heterocycles. The van der Waals surface area contributed by atoms with Gasteiger partial charge in [-0.1, -0.05) is 0 Å². The van der Waals surface area contributed by atoms with Crippen LogP contribution in [0.2, 0.25) is 0 Å². The lowest BCUT2D eigenvalue weighted by Crippen LogP contribution is -2.58. The van der Waals surface area contributed by atoms with Crippen LogP contribution in [0.1, 0.15) is 13.8 Å². The van der Waals surface area contributed by atoms with Crippen LogP contribution < -0.4 is 14.9 Å². The predicted octanol–water partition coefficient (Wildman–Crippen LogP) is -0.828. The van der Waals surface area contributed by atoms with Gasteiger partial charge in [0.25, 0.3) is 0 Å². The Hall–Kier alpha value is -4.16. The molecule has 44 heavy (non-hydrogen) atoms. The van der Waals surface area contributed by atoms with Gasteiger partial charge in [-0.2, -0.15) is 0 Å². The molecule has 3 aromatic rings. The lowest BCUT2D eigenvalue weighted by molar-refractivity contribution is -0.268. The molecule has 16 heteroatoms. The molecule has 8 N–H and O–H groups in total. The number of carbonyl (C=O) groups is 1. The van der Waals surface area contributed by atoms with Crippen LogP contribution in [0.25, 0.3) is 22.3 Å². The molecule has 2 aliphatic heterocycles. The molecule has 0 amide bonds. The average molecular weight is 623 g/mol. The lowest BCUT2D eigenvalue weighted by Gasteiger charge is -2.38.